The summed E-state index contributed by atoms with van der Waals surface area (Å²) in [5.74, 6) is 0.407. The molecule has 1 aliphatic carbocycles. The predicted octanol–water partition coefficient (Wildman–Crippen LogP) is 2.50. The zero-order valence-corrected chi connectivity index (χ0v) is 13.6. The number of hydrogen-bond donors (Lipinski definition) is 1. The highest BCUT2D eigenvalue weighted by atomic mass is 16.5. The summed E-state index contributed by atoms with van der Waals surface area (Å²) in [4.78, 5) is 26.9. The first-order valence-corrected chi connectivity index (χ1v) is 8.34. The fourth-order valence-electron chi connectivity index (χ4n) is 3.13. The average Bonchev–Trinajstić information content (AvgIpc) is 3.24. The van der Waals surface area contributed by atoms with Gasteiger partial charge in [0, 0.05) is 24.4 Å². The van der Waals surface area contributed by atoms with Crippen molar-refractivity contribution < 1.29 is 18.7 Å². The Labute approximate surface area is 139 Å². The van der Waals surface area contributed by atoms with Crippen LogP contribution in [0.1, 0.15) is 23.9 Å². The molecule has 1 aliphatic heterocycles. The molecular formula is C18H20N2O4. The lowest BCUT2D eigenvalue weighted by molar-refractivity contribution is -0.117. The van der Waals surface area contributed by atoms with E-state index in [0.29, 0.717) is 43.5 Å². The third-order valence-corrected chi connectivity index (χ3v) is 4.78. The van der Waals surface area contributed by atoms with Crippen LogP contribution in [0.5, 0.6) is 0 Å². The van der Waals surface area contributed by atoms with E-state index in [2.05, 4.69) is 12.2 Å². The van der Waals surface area contributed by atoms with Crippen molar-refractivity contribution in [2.45, 2.75) is 13.3 Å². The summed E-state index contributed by atoms with van der Waals surface area (Å²) in [7, 11) is 0. The van der Waals surface area contributed by atoms with Gasteiger partial charge in [0.15, 0.2) is 0 Å². The van der Waals surface area contributed by atoms with E-state index >= 15 is 0 Å². The van der Waals surface area contributed by atoms with Crippen LogP contribution in [0.2, 0.25) is 0 Å². The largest absolute Gasteiger partial charge is 0.449 e. The summed E-state index contributed by atoms with van der Waals surface area (Å²) >= 11 is 0. The van der Waals surface area contributed by atoms with E-state index in [-0.39, 0.29) is 23.5 Å². The fourth-order valence-corrected chi connectivity index (χ4v) is 3.13. The molecule has 2 aromatic rings. The number of ether oxygens (including phenoxy) is 1. The molecule has 2 amide bonds. The van der Waals surface area contributed by atoms with Crippen LogP contribution in [-0.4, -0.2) is 43.0 Å². The van der Waals surface area contributed by atoms with Crippen LogP contribution in [0.3, 0.4) is 0 Å². The van der Waals surface area contributed by atoms with Crippen LogP contribution in [-0.2, 0) is 9.53 Å². The lowest BCUT2D eigenvalue weighted by atomic mass is 10.2. The van der Waals surface area contributed by atoms with Crippen LogP contribution in [0, 0.1) is 11.8 Å². The minimum atomic E-state index is -0.200. The van der Waals surface area contributed by atoms with Gasteiger partial charge < -0.3 is 19.4 Å². The van der Waals surface area contributed by atoms with Gasteiger partial charge in [-0.2, -0.15) is 0 Å². The number of nitrogens with one attached hydrogen (secondary N) is 1. The van der Waals surface area contributed by atoms with Gasteiger partial charge in [-0.25, -0.2) is 0 Å². The first-order valence-electron chi connectivity index (χ1n) is 8.34. The number of morpholine rings is 1. The Morgan fingerprint density at radius 3 is 2.62 bits per heavy atom. The van der Waals surface area contributed by atoms with E-state index < -0.39 is 0 Å². The van der Waals surface area contributed by atoms with Crippen LogP contribution in [0.25, 0.3) is 11.0 Å². The first-order chi connectivity index (χ1) is 11.6. The summed E-state index contributed by atoms with van der Waals surface area (Å²) in [5.41, 5.74) is 1.10. The molecule has 1 aromatic heterocycles. The Balaban J connectivity index is 1.69. The minimum absolute atomic E-state index is 0.0324. The molecule has 0 bridgehead atoms. The molecule has 24 heavy (non-hydrogen) atoms. The molecule has 2 atom stereocenters. The predicted molar refractivity (Wildman–Crippen MR) is 88.8 cm³/mol. The topological polar surface area (TPSA) is 71.8 Å². The van der Waals surface area contributed by atoms with Crippen molar-refractivity contribution in [1.82, 2.24) is 4.90 Å². The van der Waals surface area contributed by atoms with Gasteiger partial charge in [-0.05, 0) is 24.5 Å². The van der Waals surface area contributed by atoms with Gasteiger partial charge in [0.2, 0.25) is 11.7 Å². The Kier molecular flexibility index (Phi) is 3.76. The van der Waals surface area contributed by atoms with Crippen molar-refractivity contribution in [3.05, 3.63) is 30.0 Å². The second-order valence-electron chi connectivity index (χ2n) is 6.52. The normalized spacial score (nSPS) is 23.3. The zero-order chi connectivity index (χ0) is 16.7. The van der Waals surface area contributed by atoms with Gasteiger partial charge in [0.1, 0.15) is 11.3 Å². The van der Waals surface area contributed by atoms with E-state index in [0.717, 1.165) is 11.8 Å². The number of anilines is 1. The Morgan fingerprint density at radius 1 is 1.21 bits per heavy atom. The van der Waals surface area contributed by atoms with Crippen molar-refractivity contribution in [1.29, 1.82) is 0 Å². The maximum absolute atomic E-state index is 12.8. The number of furan rings is 1. The summed E-state index contributed by atoms with van der Waals surface area (Å²) in [6.07, 6.45) is 0.897. The number of amides is 2. The molecule has 2 aliphatic rings. The van der Waals surface area contributed by atoms with Crippen molar-refractivity contribution in [2.75, 3.05) is 31.6 Å². The first kappa shape index (κ1) is 15.2. The Hall–Kier alpha value is -2.34. The van der Waals surface area contributed by atoms with Gasteiger partial charge in [0.05, 0.1) is 13.2 Å². The molecule has 1 N–H and O–H groups in total. The highest BCUT2D eigenvalue weighted by molar-refractivity contribution is 6.11. The summed E-state index contributed by atoms with van der Waals surface area (Å²) in [6, 6.07) is 7.39. The smallest absolute Gasteiger partial charge is 0.291 e. The minimum Gasteiger partial charge on any atom is -0.449 e. The third kappa shape index (κ3) is 2.67. The molecule has 6 heteroatoms. The maximum atomic E-state index is 12.8. The van der Waals surface area contributed by atoms with Crippen molar-refractivity contribution in [3.8, 4) is 0 Å². The molecule has 1 saturated carbocycles. The SMILES string of the molecule is C[C@H]1C[C@@H]1C(=O)Nc1c(C(=O)N2CCOCC2)oc2ccccc12. The molecule has 2 heterocycles. The number of benzene rings is 1. The third-order valence-electron chi connectivity index (χ3n) is 4.78. The van der Waals surface area contributed by atoms with E-state index in [1.807, 2.05) is 18.2 Å². The summed E-state index contributed by atoms with van der Waals surface area (Å²) < 4.78 is 11.1. The quantitative estimate of drug-likeness (QED) is 0.940. The molecular weight excluding hydrogens is 308 g/mol. The number of rotatable bonds is 3. The number of nitrogens with zero attached hydrogens (tertiary/aromatic N) is 1. The molecule has 2 fully saturated rings. The molecule has 0 radical (unpaired) electrons. The Morgan fingerprint density at radius 2 is 1.92 bits per heavy atom. The van der Waals surface area contributed by atoms with E-state index in [9.17, 15) is 9.59 Å². The molecule has 126 valence electrons. The number of carbonyl (C=O) groups is 2. The second-order valence-corrected chi connectivity index (χ2v) is 6.52. The highest BCUT2D eigenvalue weighted by Crippen LogP contribution is 2.40. The average molecular weight is 328 g/mol. The monoisotopic (exact) mass is 328 g/mol. The highest BCUT2D eigenvalue weighted by Gasteiger charge is 2.40. The van der Waals surface area contributed by atoms with E-state index in [4.69, 9.17) is 9.15 Å². The lowest BCUT2D eigenvalue weighted by Gasteiger charge is -2.26. The number of para-hydroxylation sites is 1. The number of carbonyl (C=O) groups excluding carboxylic acids is 2. The second kappa shape index (κ2) is 5.94. The van der Waals surface area contributed by atoms with E-state index in [1.54, 1.807) is 11.0 Å². The van der Waals surface area contributed by atoms with Crippen LogP contribution in [0.4, 0.5) is 5.69 Å². The van der Waals surface area contributed by atoms with Gasteiger partial charge >= 0.3 is 0 Å². The zero-order valence-electron chi connectivity index (χ0n) is 13.6. The van der Waals surface area contributed by atoms with Crippen molar-refractivity contribution in [3.63, 3.8) is 0 Å². The van der Waals surface area contributed by atoms with Crippen LogP contribution in [0.15, 0.2) is 28.7 Å². The molecule has 0 spiro atoms. The standard InChI is InChI=1S/C18H20N2O4/c1-11-10-13(11)17(21)19-15-12-4-2-3-5-14(12)24-16(15)18(22)20-6-8-23-9-7-20/h2-5,11,13H,6-10H2,1H3,(H,19,21)/t11-,13-/m0/s1. The van der Waals surface area contributed by atoms with Gasteiger partial charge in [-0.15, -0.1) is 0 Å². The fraction of sp³-hybridized carbons (Fsp3) is 0.444. The summed E-state index contributed by atoms with van der Waals surface area (Å²) in [6.45, 7) is 4.16. The van der Waals surface area contributed by atoms with Crippen molar-refractivity contribution >= 4 is 28.5 Å². The maximum Gasteiger partial charge on any atom is 0.291 e. The van der Waals surface area contributed by atoms with Gasteiger partial charge in [-0.3, -0.25) is 9.59 Å². The molecule has 1 saturated heterocycles. The molecule has 4 rings (SSSR count). The van der Waals surface area contributed by atoms with Gasteiger partial charge in [0.25, 0.3) is 5.91 Å². The van der Waals surface area contributed by atoms with E-state index in [1.165, 1.54) is 0 Å². The molecule has 0 unspecified atom stereocenters. The lowest BCUT2D eigenvalue weighted by Crippen LogP contribution is -2.40. The Bertz CT molecular complexity index is 791. The molecule has 1 aromatic carbocycles. The van der Waals surface area contributed by atoms with Crippen LogP contribution < -0.4 is 5.32 Å². The molecule has 6 nitrogen and oxygen atoms in total. The number of fused-ring (bicyclic) bond motifs is 1. The van der Waals surface area contributed by atoms with Gasteiger partial charge in [-0.1, -0.05) is 19.1 Å². The summed E-state index contributed by atoms with van der Waals surface area (Å²) in [5, 5.41) is 3.69. The number of hydrogen-bond acceptors (Lipinski definition) is 4. The van der Waals surface area contributed by atoms with Crippen molar-refractivity contribution in [2.24, 2.45) is 11.8 Å². The van der Waals surface area contributed by atoms with Crippen LogP contribution >= 0.6 is 0 Å².